The van der Waals surface area contributed by atoms with Crippen molar-refractivity contribution in [1.82, 2.24) is 4.98 Å². The van der Waals surface area contributed by atoms with Gasteiger partial charge in [0.05, 0.1) is 0 Å². The van der Waals surface area contributed by atoms with Gasteiger partial charge < -0.3 is 4.90 Å². The van der Waals surface area contributed by atoms with E-state index < -0.39 is 0 Å². The molecule has 0 aliphatic carbocycles. The van der Waals surface area contributed by atoms with Gasteiger partial charge in [0, 0.05) is 23.3 Å². The maximum atomic E-state index is 4.37. The van der Waals surface area contributed by atoms with E-state index in [-0.39, 0.29) is 0 Å². The number of aromatic nitrogens is 1. The van der Waals surface area contributed by atoms with E-state index in [0.717, 1.165) is 16.8 Å². The Kier molecular flexibility index (Phi) is 2.54. The van der Waals surface area contributed by atoms with Crippen LogP contribution in [0.1, 0.15) is 19.8 Å². The molecule has 0 radical (unpaired) electrons. The van der Waals surface area contributed by atoms with E-state index in [2.05, 4.69) is 38.8 Å². The summed E-state index contributed by atoms with van der Waals surface area (Å²) in [5.41, 5.74) is 0. The van der Waals surface area contributed by atoms with Crippen molar-refractivity contribution in [2.24, 2.45) is 0 Å². The van der Waals surface area contributed by atoms with Crippen LogP contribution in [-0.4, -0.2) is 17.6 Å². The summed E-state index contributed by atoms with van der Waals surface area (Å²) in [4.78, 5) is 6.73. The van der Waals surface area contributed by atoms with E-state index in [1.807, 2.05) is 12.3 Å². The molecule has 3 heteroatoms. The van der Waals surface area contributed by atoms with Crippen LogP contribution in [0.15, 0.2) is 22.8 Å². The SMILES string of the molecule is CC1CCCN1c1cc(Br)ccn1. The molecule has 13 heavy (non-hydrogen) atoms. The second kappa shape index (κ2) is 3.66. The first-order valence-electron chi connectivity index (χ1n) is 4.65. The molecule has 1 aromatic heterocycles. The summed E-state index contributed by atoms with van der Waals surface area (Å²) in [5.74, 6) is 1.10. The van der Waals surface area contributed by atoms with Crippen molar-refractivity contribution in [3.05, 3.63) is 22.8 Å². The summed E-state index contributed by atoms with van der Waals surface area (Å²) in [7, 11) is 0. The minimum atomic E-state index is 0.641. The van der Waals surface area contributed by atoms with E-state index in [1.54, 1.807) is 0 Å². The monoisotopic (exact) mass is 240 g/mol. The van der Waals surface area contributed by atoms with Gasteiger partial charge in [0.15, 0.2) is 0 Å². The third-order valence-corrected chi connectivity index (χ3v) is 3.05. The van der Waals surface area contributed by atoms with Gasteiger partial charge in [-0.1, -0.05) is 15.9 Å². The zero-order valence-electron chi connectivity index (χ0n) is 7.70. The lowest BCUT2D eigenvalue weighted by Crippen LogP contribution is -2.26. The number of rotatable bonds is 1. The van der Waals surface area contributed by atoms with E-state index in [1.165, 1.54) is 12.8 Å². The number of hydrogen-bond acceptors (Lipinski definition) is 2. The Morgan fingerprint density at radius 3 is 3.08 bits per heavy atom. The first kappa shape index (κ1) is 9.00. The van der Waals surface area contributed by atoms with Gasteiger partial charge in [0.25, 0.3) is 0 Å². The van der Waals surface area contributed by atoms with Gasteiger partial charge >= 0.3 is 0 Å². The van der Waals surface area contributed by atoms with E-state index >= 15 is 0 Å². The van der Waals surface area contributed by atoms with Crippen molar-refractivity contribution in [3.8, 4) is 0 Å². The van der Waals surface area contributed by atoms with Crippen LogP contribution in [0, 0.1) is 0 Å². The average Bonchev–Trinajstić information content (AvgIpc) is 2.51. The molecule has 0 spiro atoms. The van der Waals surface area contributed by atoms with Crippen LogP contribution in [-0.2, 0) is 0 Å². The molecule has 0 N–H and O–H groups in total. The largest absolute Gasteiger partial charge is 0.354 e. The van der Waals surface area contributed by atoms with Crippen LogP contribution >= 0.6 is 15.9 Å². The van der Waals surface area contributed by atoms with Crippen LogP contribution < -0.4 is 4.90 Å². The smallest absolute Gasteiger partial charge is 0.129 e. The molecule has 1 saturated heterocycles. The minimum Gasteiger partial charge on any atom is -0.354 e. The number of nitrogens with zero attached hydrogens (tertiary/aromatic N) is 2. The maximum absolute atomic E-state index is 4.37. The summed E-state index contributed by atoms with van der Waals surface area (Å²) >= 11 is 3.46. The standard InChI is InChI=1S/C10H13BrN2/c1-8-3-2-6-13(8)10-7-9(11)4-5-12-10/h4-5,7-8H,2-3,6H2,1H3. The molecule has 1 aromatic rings. The molecular formula is C10H13BrN2. The van der Waals surface area contributed by atoms with Gasteiger partial charge in [-0.15, -0.1) is 0 Å². The summed E-state index contributed by atoms with van der Waals surface area (Å²) in [6, 6.07) is 4.69. The van der Waals surface area contributed by atoms with Crippen LogP contribution in [0.4, 0.5) is 5.82 Å². The zero-order chi connectivity index (χ0) is 9.26. The van der Waals surface area contributed by atoms with Crippen molar-refractivity contribution in [1.29, 1.82) is 0 Å². The molecule has 2 rings (SSSR count). The summed E-state index contributed by atoms with van der Waals surface area (Å²) in [5, 5.41) is 0. The Balaban J connectivity index is 2.24. The summed E-state index contributed by atoms with van der Waals surface area (Å²) < 4.78 is 1.11. The van der Waals surface area contributed by atoms with Crippen molar-refractivity contribution in [3.63, 3.8) is 0 Å². The minimum absolute atomic E-state index is 0.641. The predicted molar refractivity (Wildman–Crippen MR) is 58.0 cm³/mol. The molecule has 0 saturated carbocycles. The fraction of sp³-hybridized carbons (Fsp3) is 0.500. The average molecular weight is 241 g/mol. The number of hydrogen-bond donors (Lipinski definition) is 0. The molecule has 2 nitrogen and oxygen atoms in total. The molecule has 1 aliphatic heterocycles. The predicted octanol–water partition coefficient (Wildman–Crippen LogP) is 2.83. The molecule has 0 amide bonds. The highest BCUT2D eigenvalue weighted by Crippen LogP contribution is 2.25. The first-order chi connectivity index (χ1) is 6.27. The van der Waals surface area contributed by atoms with Gasteiger partial charge in [0.1, 0.15) is 5.82 Å². The lowest BCUT2D eigenvalue weighted by Gasteiger charge is -2.22. The number of anilines is 1. The fourth-order valence-electron chi connectivity index (χ4n) is 1.82. The van der Waals surface area contributed by atoms with Gasteiger partial charge in [-0.3, -0.25) is 0 Å². The second-order valence-electron chi connectivity index (χ2n) is 3.52. The summed E-state index contributed by atoms with van der Waals surface area (Å²) in [6.07, 6.45) is 4.42. The number of halogens is 1. The fourth-order valence-corrected chi connectivity index (χ4v) is 2.15. The quantitative estimate of drug-likeness (QED) is 0.751. The molecule has 2 heterocycles. The Morgan fingerprint density at radius 1 is 1.62 bits per heavy atom. The molecule has 70 valence electrons. The third-order valence-electron chi connectivity index (χ3n) is 2.55. The van der Waals surface area contributed by atoms with Gasteiger partial charge in [-0.25, -0.2) is 4.98 Å². The molecule has 1 unspecified atom stereocenters. The normalized spacial score (nSPS) is 22.3. The molecule has 1 atom stereocenters. The molecular weight excluding hydrogens is 228 g/mol. The van der Waals surface area contributed by atoms with Crippen molar-refractivity contribution >= 4 is 21.7 Å². The van der Waals surface area contributed by atoms with Gasteiger partial charge in [-0.05, 0) is 31.9 Å². The molecule has 0 bridgehead atoms. The summed E-state index contributed by atoms with van der Waals surface area (Å²) in [6.45, 7) is 3.40. The maximum Gasteiger partial charge on any atom is 0.129 e. The van der Waals surface area contributed by atoms with Crippen LogP contribution in [0.25, 0.3) is 0 Å². The van der Waals surface area contributed by atoms with E-state index in [9.17, 15) is 0 Å². The van der Waals surface area contributed by atoms with Crippen molar-refractivity contribution in [2.75, 3.05) is 11.4 Å². The second-order valence-corrected chi connectivity index (χ2v) is 4.43. The first-order valence-corrected chi connectivity index (χ1v) is 5.45. The van der Waals surface area contributed by atoms with E-state index in [4.69, 9.17) is 0 Å². The van der Waals surface area contributed by atoms with Gasteiger partial charge in [0.2, 0.25) is 0 Å². The van der Waals surface area contributed by atoms with Crippen LogP contribution in [0.5, 0.6) is 0 Å². The lowest BCUT2D eigenvalue weighted by molar-refractivity contribution is 0.727. The highest BCUT2D eigenvalue weighted by molar-refractivity contribution is 9.10. The highest BCUT2D eigenvalue weighted by atomic mass is 79.9. The Morgan fingerprint density at radius 2 is 2.46 bits per heavy atom. The van der Waals surface area contributed by atoms with Crippen LogP contribution in [0.3, 0.4) is 0 Å². The topological polar surface area (TPSA) is 16.1 Å². The van der Waals surface area contributed by atoms with Crippen molar-refractivity contribution < 1.29 is 0 Å². The van der Waals surface area contributed by atoms with Crippen molar-refractivity contribution in [2.45, 2.75) is 25.8 Å². The molecule has 1 aliphatic rings. The zero-order valence-corrected chi connectivity index (χ0v) is 9.29. The molecule has 0 aromatic carbocycles. The number of pyridine rings is 1. The van der Waals surface area contributed by atoms with Crippen LogP contribution in [0.2, 0.25) is 0 Å². The van der Waals surface area contributed by atoms with Gasteiger partial charge in [-0.2, -0.15) is 0 Å². The highest BCUT2D eigenvalue weighted by Gasteiger charge is 2.21. The third kappa shape index (κ3) is 1.85. The Bertz CT molecular complexity index is 301. The Hall–Kier alpha value is -0.570. The molecule has 1 fully saturated rings. The van der Waals surface area contributed by atoms with E-state index in [0.29, 0.717) is 6.04 Å². The lowest BCUT2D eigenvalue weighted by atomic mass is 10.2. The Labute approximate surface area is 87.1 Å².